The average molecular weight is 343 g/mol. The summed E-state index contributed by atoms with van der Waals surface area (Å²) in [6.07, 6.45) is 0.712. The van der Waals surface area contributed by atoms with Crippen LogP contribution in [0.5, 0.6) is 0 Å². The van der Waals surface area contributed by atoms with E-state index in [9.17, 15) is 12.8 Å². The van der Waals surface area contributed by atoms with Gasteiger partial charge in [0.15, 0.2) is 0 Å². The molecule has 4 nitrogen and oxygen atoms in total. The van der Waals surface area contributed by atoms with Gasteiger partial charge in [-0.2, -0.15) is 0 Å². The highest BCUT2D eigenvalue weighted by Gasteiger charge is 2.27. The number of nitrogens with one attached hydrogen (secondary N) is 2. The molecule has 20 heavy (non-hydrogen) atoms. The maximum atomic E-state index is 13.2. The van der Waals surface area contributed by atoms with E-state index < -0.39 is 15.8 Å². The summed E-state index contributed by atoms with van der Waals surface area (Å²) < 4.78 is 40.2. The SMILES string of the molecule is CC1CNCCC1NS(=O)(=O)c1cc(F)cc(Cl)c1.Cl. The van der Waals surface area contributed by atoms with Crippen molar-refractivity contribution in [2.45, 2.75) is 24.3 Å². The number of rotatable bonds is 3. The van der Waals surface area contributed by atoms with Crippen molar-refractivity contribution in [1.82, 2.24) is 10.0 Å². The average Bonchev–Trinajstić information content (AvgIpc) is 2.31. The van der Waals surface area contributed by atoms with E-state index >= 15 is 0 Å². The molecule has 0 bridgehead atoms. The van der Waals surface area contributed by atoms with E-state index in [0.717, 1.165) is 25.2 Å². The quantitative estimate of drug-likeness (QED) is 0.885. The Bertz CT molecular complexity index is 548. The van der Waals surface area contributed by atoms with Crippen LogP contribution in [0.25, 0.3) is 0 Å². The summed E-state index contributed by atoms with van der Waals surface area (Å²) in [4.78, 5) is -0.136. The Balaban J connectivity index is 0.00000200. The van der Waals surface area contributed by atoms with Crippen molar-refractivity contribution in [2.75, 3.05) is 13.1 Å². The van der Waals surface area contributed by atoms with Gasteiger partial charge in [-0.05, 0) is 43.6 Å². The smallest absolute Gasteiger partial charge is 0.240 e. The molecule has 0 radical (unpaired) electrons. The molecule has 8 heteroatoms. The first-order chi connectivity index (χ1) is 8.88. The molecule has 1 heterocycles. The van der Waals surface area contributed by atoms with Crippen molar-refractivity contribution in [3.05, 3.63) is 29.0 Å². The third-order valence-corrected chi connectivity index (χ3v) is 4.93. The Kier molecular flexibility index (Phi) is 6.22. The normalized spacial score (nSPS) is 23.1. The zero-order valence-corrected chi connectivity index (χ0v) is 13.3. The maximum absolute atomic E-state index is 13.2. The molecule has 1 saturated heterocycles. The summed E-state index contributed by atoms with van der Waals surface area (Å²) in [6, 6.07) is 3.15. The second-order valence-corrected chi connectivity index (χ2v) is 6.95. The number of sulfonamides is 1. The van der Waals surface area contributed by atoms with Crippen LogP contribution in [0.15, 0.2) is 23.1 Å². The monoisotopic (exact) mass is 342 g/mol. The summed E-state index contributed by atoms with van der Waals surface area (Å²) in [5.74, 6) is -0.473. The molecule has 0 amide bonds. The first kappa shape index (κ1) is 17.7. The molecule has 1 aliphatic rings. The lowest BCUT2D eigenvalue weighted by atomic mass is 9.97. The van der Waals surface area contributed by atoms with Gasteiger partial charge in [-0.15, -0.1) is 12.4 Å². The van der Waals surface area contributed by atoms with Crippen molar-refractivity contribution >= 4 is 34.0 Å². The largest absolute Gasteiger partial charge is 0.316 e. The van der Waals surface area contributed by atoms with Crippen LogP contribution in [-0.4, -0.2) is 27.5 Å². The van der Waals surface area contributed by atoms with Crippen LogP contribution in [0.2, 0.25) is 5.02 Å². The van der Waals surface area contributed by atoms with E-state index in [-0.39, 0.29) is 34.3 Å². The summed E-state index contributed by atoms with van der Waals surface area (Å²) >= 11 is 5.69. The third-order valence-electron chi connectivity index (χ3n) is 3.24. The molecule has 1 aromatic carbocycles. The van der Waals surface area contributed by atoms with Gasteiger partial charge in [0.2, 0.25) is 10.0 Å². The molecule has 114 valence electrons. The Morgan fingerprint density at radius 1 is 1.40 bits per heavy atom. The zero-order chi connectivity index (χ0) is 14.0. The fourth-order valence-electron chi connectivity index (χ4n) is 2.14. The van der Waals surface area contributed by atoms with E-state index in [4.69, 9.17) is 11.6 Å². The molecule has 1 aliphatic heterocycles. The predicted octanol–water partition coefficient (Wildman–Crippen LogP) is 2.18. The molecule has 2 N–H and O–H groups in total. The fraction of sp³-hybridized carbons (Fsp3) is 0.500. The van der Waals surface area contributed by atoms with E-state index in [1.165, 1.54) is 6.07 Å². The van der Waals surface area contributed by atoms with E-state index in [2.05, 4.69) is 10.0 Å². The molecule has 0 aliphatic carbocycles. The lowest BCUT2D eigenvalue weighted by molar-refractivity contribution is 0.328. The summed E-state index contributed by atoms with van der Waals surface area (Å²) in [6.45, 7) is 3.50. The first-order valence-corrected chi connectivity index (χ1v) is 7.94. The summed E-state index contributed by atoms with van der Waals surface area (Å²) in [7, 11) is -3.74. The molecule has 2 atom stereocenters. The highest BCUT2D eigenvalue weighted by molar-refractivity contribution is 7.89. The van der Waals surface area contributed by atoms with Crippen LogP contribution in [0, 0.1) is 11.7 Å². The van der Waals surface area contributed by atoms with Crippen LogP contribution >= 0.6 is 24.0 Å². The van der Waals surface area contributed by atoms with Gasteiger partial charge < -0.3 is 5.32 Å². The molecular formula is C12H17Cl2FN2O2S. The topological polar surface area (TPSA) is 58.2 Å². The zero-order valence-electron chi connectivity index (χ0n) is 10.9. The minimum Gasteiger partial charge on any atom is -0.316 e. The number of benzene rings is 1. The van der Waals surface area contributed by atoms with E-state index in [1.54, 1.807) is 0 Å². The fourth-order valence-corrected chi connectivity index (χ4v) is 3.86. The molecule has 0 aromatic heterocycles. The number of hydrogen-bond acceptors (Lipinski definition) is 3. The van der Waals surface area contributed by atoms with Crippen molar-refractivity contribution in [3.63, 3.8) is 0 Å². The second-order valence-electron chi connectivity index (χ2n) is 4.80. The summed E-state index contributed by atoms with van der Waals surface area (Å²) in [5.41, 5.74) is 0. The van der Waals surface area contributed by atoms with Crippen LogP contribution in [0.1, 0.15) is 13.3 Å². The molecule has 2 rings (SSSR count). The minimum atomic E-state index is -3.74. The Morgan fingerprint density at radius 2 is 2.10 bits per heavy atom. The van der Waals surface area contributed by atoms with Gasteiger partial charge in [-0.3, -0.25) is 0 Å². The lowest BCUT2D eigenvalue weighted by Crippen LogP contribution is -2.48. The van der Waals surface area contributed by atoms with Gasteiger partial charge in [0.1, 0.15) is 5.82 Å². The van der Waals surface area contributed by atoms with Crippen molar-refractivity contribution < 1.29 is 12.8 Å². The van der Waals surface area contributed by atoms with Crippen LogP contribution < -0.4 is 10.0 Å². The standard InChI is InChI=1S/C12H16ClFN2O2S.ClH/c1-8-7-15-3-2-12(8)16-19(17,18)11-5-9(13)4-10(14)6-11;/h4-6,8,12,15-16H,2-3,7H2,1H3;1H. The van der Waals surface area contributed by atoms with Gasteiger partial charge in [0, 0.05) is 11.1 Å². The molecule has 0 saturated carbocycles. The maximum Gasteiger partial charge on any atom is 0.240 e. The Labute approximate surface area is 129 Å². The van der Waals surface area contributed by atoms with Crippen LogP contribution in [-0.2, 0) is 10.0 Å². The number of halogens is 3. The van der Waals surface area contributed by atoms with Crippen molar-refractivity contribution in [1.29, 1.82) is 0 Å². The predicted molar refractivity (Wildman–Crippen MR) is 79.4 cm³/mol. The van der Waals surface area contributed by atoms with Gasteiger partial charge in [0.25, 0.3) is 0 Å². The van der Waals surface area contributed by atoms with E-state index in [1.807, 2.05) is 6.92 Å². The minimum absolute atomic E-state index is 0. The second kappa shape index (κ2) is 7.04. The number of piperidine rings is 1. The van der Waals surface area contributed by atoms with Gasteiger partial charge in [0.05, 0.1) is 4.90 Å². The lowest BCUT2D eigenvalue weighted by Gasteiger charge is -2.29. The molecule has 0 spiro atoms. The highest BCUT2D eigenvalue weighted by atomic mass is 35.5. The summed E-state index contributed by atoms with van der Waals surface area (Å²) in [5, 5.41) is 3.26. The van der Waals surface area contributed by atoms with Crippen LogP contribution in [0.3, 0.4) is 0 Å². The molecule has 1 fully saturated rings. The van der Waals surface area contributed by atoms with Crippen molar-refractivity contribution in [2.24, 2.45) is 5.92 Å². The van der Waals surface area contributed by atoms with Crippen molar-refractivity contribution in [3.8, 4) is 0 Å². The molecular weight excluding hydrogens is 326 g/mol. The van der Waals surface area contributed by atoms with Crippen LogP contribution in [0.4, 0.5) is 4.39 Å². The van der Waals surface area contributed by atoms with Gasteiger partial charge in [-0.25, -0.2) is 17.5 Å². The van der Waals surface area contributed by atoms with E-state index in [0.29, 0.717) is 6.42 Å². The Hall–Kier alpha value is -0.400. The van der Waals surface area contributed by atoms with Gasteiger partial charge >= 0.3 is 0 Å². The number of hydrogen-bond donors (Lipinski definition) is 2. The third kappa shape index (κ3) is 4.30. The highest BCUT2D eigenvalue weighted by Crippen LogP contribution is 2.20. The molecule has 2 unspecified atom stereocenters. The first-order valence-electron chi connectivity index (χ1n) is 6.07. The molecule has 1 aromatic rings. The Morgan fingerprint density at radius 3 is 2.70 bits per heavy atom. The van der Waals surface area contributed by atoms with Gasteiger partial charge in [-0.1, -0.05) is 18.5 Å².